The van der Waals surface area contributed by atoms with Crippen LogP contribution in [0.25, 0.3) is 0 Å². The fourth-order valence-electron chi connectivity index (χ4n) is 1.50. The van der Waals surface area contributed by atoms with Crippen molar-refractivity contribution in [3.05, 3.63) is 21.9 Å². The molecule has 1 fully saturated rings. The third-order valence-corrected chi connectivity index (χ3v) is 3.58. The molecular weight excluding hydrogens is 234 g/mol. The topological polar surface area (TPSA) is 49.3 Å². The van der Waals surface area contributed by atoms with Gasteiger partial charge in [0.25, 0.3) is 5.91 Å². The summed E-state index contributed by atoms with van der Waals surface area (Å²) in [5, 5.41) is 13.4. The van der Waals surface area contributed by atoms with E-state index in [4.69, 9.17) is 5.11 Å². The minimum atomic E-state index is -0.00851. The summed E-state index contributed by atoms with van der Waals surface area (Å²) in [6.45, 7) is 2.20. The van der Waals surface area contributed by atoms with Crippen molar-refractivity contribution in [1.82, 2.24) is 5.32 Å². The number of carbonyl (C=O) groups is 1. The maximum atomic E-state index is 11.8. The molecule has 0 saturated heterocycles. The molecule has 3 nitrogen and oxygen atoms in total. The van der Waals surface area contributed by atoms with E-state index < -0.39 is 0 Å². The molecule has 0 bridgehead atoms. The molecule has 1 saturated carbocycles. The number of aliphatic hydroxyl groups is 1. The van der Waals surface area contributed by atoms with Crippen molar-refractivity contribution in [2.45, 2.75) is 25.8 Å². The summed E-state index contributed by atoms with van der Waals surface area (Å²) < 4.78 is 0. The van der Waals surface area contributed by atoms with Crippen LogP contribution in [0.5, 0.6) is 0 Å². The van der Waals surface area contributed by atoms with Crippen LogP contribution < -0.4 is 5.32 Å². The van der Waals surface area contributed by atoms with Crippen molar-refractivity contribution in [2.24, 2.45) is 5.92 Å². The van der Waals surface area contributed by atoms with E-state index in [1.54, 1.807) is 6.07 Å². The third-order valence-electron chi connectivity index (χ3n) is 2.74. The molecule has 0 radical (unpaired) electrons. The molecule has 2 rings (SSSR count). The van der Waals surface area contributed by atoms with Gasteiger partial charge in [-0.1, -0.05) is 18.8 Å². The van der Waals surface area contributed by atoms with Crippen LogP contribution in [-0.4, -0.2) is 23.7 Å². The second kappa shape index (κ2) is 5.35. The number of amides is 1. The zero-order chi connectivity index (χ0) is 12.3. The fraction of sp³-hybridized carbons (Fsp3) is 0.462. The minimum absolute atomic E-state index is 0.00851. The normalized spacial score (nSPS) is 21.5. The quantitative estimate of drug-likeness (QED) is 0.800. The molecule has 1 aromatic heterocycles. The van der Waals surface area contributed by atoms with Gasteiger partial charge in [-0.2, -0.15) is 0 Å². The number of thiophene rings is 1. The van der Waals surface area contributed by atoms with Crippen molar-refractivity contribution in [2.75, 3.05) is 6.61 Å². The molecule has 2 atom stereocenters. The molecule has 1 amide bonds. The van der Waals surface area contributed by atoms with E-state index in [2.05, 4.69) is 24.1 Å². The van der Waals surface area contributed by atoms with E-state index >= 15 is 0 Å². The Morgan fingerprint density at radius 2 is 2.47 bits per heavy atom. The summed E-state index contributed by atoms with van der Waals surface area (Å²) in [4.78, 5) is 12.7. The Bertz CT molecular complexity index is 469. The van der Waals surface area contributed by atoms with Crippen LogP contribution in [0.1, 0.15) is 35.0 Å². The second-order valence-corrected chi connectivity index (χ2v) is 5.18. The van der Waals surface area contributed by atoms with Crippen molar-refractivity contribution in [3.63, 3.8) is 0 Å². The average molecular weight is 249 g/mol. The molecule has 4 heteroatoms. The summed E-state index contributed by atoms with van der Waals surface area (Å²) in [5.74, 6) is 6.37. The largest absolute Gasteiger partial charge is 0.395 e. The lowest BCUT2D eigenvalue weighted by Gasteiger charge is -1.99. The maximum Gasteiger partial charge on any atom is 0.252 e. The Morgan fingerprint density at radius 3 is 3.12 bits per heavy atom. The first kappa shape index (κ1) is 12.2. The van der Waals surface area contributed by atoms with E-state index in [0.29, 0.717) is 23.9 Å². The molecule has 90 valence electrons. The molecule has 2 unspecified atom stereocenters. The lowest BCUT2D eigenvalue weighted by molar-refractivity contribution is 0.0950. The number of hydrogen-bond donors (Lipinski definition) is 2. The van der Waals surface area contributed by atoms with Gasteiger partial charge in [0.1, 0.15) is 0 Å². The Labute approximate surface area is 105 Å². The number of hydrogen-bond acceptors (Lipinski definition) is 3. The summed E-state index contributed by atoms with van der Waals surface area (Å²) in [5.41, 5.74) is 0.683. The highest BCUT2D eigenvalue weighted by Crippen LogP contribution is 2.29. The number of nitrogens with one attached hydrogen (secondary N) is 1. The third kappa shape index (κ3) is 3.32. The molecule has 1 aliphatic rings. The van der Waals surface area contributed by atoms with Crippen molar-refractivity contribution >= 4 is 17.2 Å². The number of carbonyl (C=O) groups excluding carboxylic acids is 1. The first-order chi connectivity index (χ1) is 8.20. The summed E-state index contributed by atoms with van der Waals surface area (Å²) in [6, 6.07) is 2.16. The monoisotopic (exact) mass is 249 g/mol. The standard InChI is InChI=1S/C13H15NO2S/c1-9-6-12(9)14-13(16)10-7-11(17-8-10)4-2-3-5-15/h7-9,12,15H,3,5-6H2,1H3,(H,14,16). The van der Waals surface area contributed by atoms with Crippen LogP contribution in [-0.2, 0) is 0 Å². The lowest BCUT2D eigenvalue weighted by Crippen LogP contribution is -2.25. The summed E-state index contributed by atoms with van der Waals surface area (Å²) in [6.07, 6.45) is 1.55. The predicted molar refractivity (Wildman–Crippen MR) is 67.9 cm³/mol. The van der Waals surface area contributed by atoms with Crippen LogP contribution in [0, 0.1) is 17.8 Å². The van der Waals surface area contributed by atoms with Crippen LogP contribution in [0.3, 0.4) is 0 Å². The van der Waals surface area contributed by atoms with Crippen LogP contribution in [0.15, 0.2) is 11.4 Å². The second-order valence-electron chi connectivity index (χ2n) is 4.27. The molecule has 17 heavy (non-hydrogen) atoms. The van der Waals surface area contributed by atoms with Gasteiger partial charge in [0.15, 0.2) is 0 Å². The maximum absolute atomic E-state index is 11.8. The molecule has 0 aromatic carbocycles. The summed E-state index contributed by atoms with van der Waals surface area (Å²) >= 11 is 1.46. The Morgan fingerprint density at radius 1 is 1.71 bits per heavy atom. The number of aliphatic hydroxyl groups excluding tert-OH is 1. The predicted octanol–water partition coefficient (Wildman–Crippen LogP) is 1.62. The Hall–Kier alpha value is -1.31. The van der Waals surface area contributed by atoms with Gasteiger partial charge in [-0.15, -0.1) is 11.3 Å². The van der Waals surface area contributed by atoms with Gasteiger partial charge in [0, 0.05) is 17.8 Å². The molecular formula is C13H15NO2S. The van der Waals surface area contributed by atoms with Crippen molar-refractivity contribution < 1.29 is 9.90 Å². The highest BCUT2D eigenvalue weighted by atomic mass is 32.1. The average Bonchev–Trinajstić information content (AvgIpc) is 2.82. The molecule has 1 heterocycles. The van der Waals surface area contributed by atoms with Crippen LogP contribution in [0.4, 0.5) is 0 Å². The first-order valence-corrected chi connectivity index (χ1v) is 6.58. The number of rotatable bonds is 3. The fourth-order valence-corrected chi connectivity index (χ4v) is 2.26. The first-order valence-electron chi connectivity index (χ1n) is 5.70. The minimum Gasteiger partial charge on any atom is -0.395 e. The van der Waals surface area contributed by atoms with E-state index in [1.807, 2.05) is 5.38 Å². The lowest BCUT2D eigenvalue weighted by atomic mass is 10.3. The van der Waals surface area contributed by atoms with E-state index in [1.165, 1.54) is 11.3 Å². The van der Waals surface area contributed by atoms with Gasteiger partial charge in [0.2, 0.25) is 0 Å². The SMILES string of the molecule is CC1CC1NC(=O)c1csc(C#CCCO)c1. The van der Waals surface area contributed by atoms with Crippen molar-refractivity contribution in [3.8, 4) is 11.8 Å². The van der Waals surface area contributed by atoms with Gasteiger partial charge >= 0.3 is 0 Å². The van der Waals surface area contributed by atoms with E-state index in [-0.39, 0.29) is 12.5 Å². The zero-order valence-corrected chi connectivity index (χ0v) is 10.5. The smallest absolute Gasteiger partial charge is 0.252 e. The van der Waals surface area contributed by atoms with Gasteiger partial charge in [-0.3, -0.25) is 4.79 Å². The Kier molecular flexibility index (Phi) is 3.82. The van der Waals surface area contributed by atoms with Gasteiger partial charge in [0.05, 0.1) is 17.0 Å². The van der Waals surface area contributed by atoms with Gasteiger partial charge in [-0.05, 0) is 18.4 Å². The molecule has 0 aliphatic heterocycles. The highest BCUT2D eigenvalue weighted by Gasteiger charge is 2.34. The molecule has 2 N–H and O–H groups in total. The van der Waals surface area contributed by atoms with Crippen LogP contribution >= 0.6 is 11.3 Å². The molecule has 1 aliphatic carbocycles. The van der Waals surface area contributed by atoms with E-state index in [0.717, 1.165) is 11.3 Å². The van der Waals surface area contributed by atoms with E-state index in [9.17, 15) is 4.79 Å². The van der Waals surface area contributed by atoms with Gasteiger partial charge < -0.3 is 10.4 Å². The molecule has 0 spiro atoms. The van der Waals surface area contributed by atoms with Gasteiger partial charge in [-0.25, -0.2) is 0 Å². The zero-order valence-electron chi connectivity index (χ0n) is 9.69. The molecule has 1 aromatic rings. The Balaban J connectivity index is 1.93. The highest BCUT2D eigenvalue weighted by molar-refractivity contribution is 7.10. The van der Waals surface area contributed by atoms with Crippen molar-refractivity contribution in [1.29, 1.82) is 0 Å². The summed E-state index contributed by atoms with van der Waals surface area (Å²) in [7, 11) is 0. The van der Waals surface area contributed by atoms with Crippen LogP contribution in [0.2, 0.25) is 0 Å².